The predicted molar refractivity (Wildman–Crippen MR) is 87.9 cm³/mol. The summed E-state index contributed by atoms with van der Waals surface area (Å²) in [4.78, 5) is 14.0. The molecule has 2 aliphatic rings. The molecule has 0 radical (unpaired) electrons. The van der Waals surface area contributed by atoms with Crippen molar-refractivity contribution in [2.75, 3.05) is 11.5 Å². The third-order valence-electron chi connectivity index (χ3n) is 4.10. The van der Waals surface area contributed by atoms with Gasteiger partial charge in [-0.15, -0.1) is 6.42 Å². The summed E-state index contributed by atoms with van der Waals surface area (Å²) in [7, 11) is 0. The normalized spacial score (nSPS) is 17.3. The molecule has 1 heterocycles. The fourth-order valence-corrected chi connectivity index (χ4v) is 3.23. The van der Waals surface area contributed by atoms with Gasteiger partial charge in [0.25, 0.3) is 5.91 Å². The molecule has 0 aromatic heterocycles. The van der Waals surface area contributed by atoms with Crippen LogP contribution in [0.15, 0.2) is 35.6 Å². The molecule has 1 aromatic carbocycles. The molecule has 0 spiro atoms. The largest absolute Gasteiger partial charge is 0.479 e. The summed E-state index contributed by atoms with van der Waals surface area (Å²) in [5.41, 5.74) is 2.29. The zero-order valence-electron chi connectivity index (χ0n) is 12.5. The van der Waals surface area contributed by atoms with Crippen molar-refractivity contribution in [1.29, 1.82) is 0 Å². The smallest absolute Gasteiger partial charge is 0.259 e. The molecule has 0 N–H and O–H groups in total. The first-order valence-electron chi connectivity index (χ1n) is 7.35. The molecule has 0 bridgehead atoms. The second-order valence-electron chi connectivity index (χ2n) is 5.48. The summed E-state index contributed by atoms with van der Waals surface area (Å²) < 4.78 is 19.7. The van der Waals surface area contributed by atoms with Crippen LogP contribution in [0, 0.1) is 18.2 Å². The average molecular weight is 332 g/mol. The molecule has 1 amide bonds. The van der Waals surface area contributed by atoms with Crippen LogP contribution in [0.5, 0.6) is 5.75 Å². The molecule has 5 heteroatoms. The predicted octanol–water partition coefficient (Wildman–Crippen LogP) is 4.22. The second-order valence-corrected chi connectivity index (χ2v) is 5.89. The molecule has 0 saturated heterocycles. The van der Waals surface area contributed by atoms with Crippen LogP contribution >= 0.6 is 11.6 Å². The minimum atomic E-state index is -0.600. The Morgan fingerprint density at radius 1 is 1.35 bits per heavy atom. The summed E-state index contributed by atoms with van der Waals surface area (Å²) in [5, 5.41) is 0.108. The van der Waals surface area contributed by atoms with Gasteiger partial charge in [0.1, 0.15) is 18.2 Å². The summed E-state index contributed by atoms with van der Waals surface area (Å²) >= 11 is 5.97. The minimum Gasteiger partial charge on any atom is -0.479 e. The standard InChI is InChI=1S/C18H15ClFNO2/c1-3-8-23-17-10-16(15(20)9-14(17)19)21-11(2)12-6-4-5-7-13(12)18(21)22/h1,9-10H,2,4-8H2. The molecule has 0 atom stereocenters. The van der Waals surface area contributed by atoms with E-state index >= 15 is 0 Å². The first-order chi connectivity index (χ1) is 11.0. The number of terminal acetylenes is 1. The van der Waals surface area contributed by atoms with Gasteiger partial charge in [-0.05, 0) is 37.3 Å². The average Bonchev–Trinajstić information content (AvgIpc) is 2.79. The van der Waals surface area contributed by atoms with Crippen molar-refractivity contribution in [2.45, 2.75) is 25.7 Å². The molecule has 0 saturated carbocycles. The summed E-state index contributed by atoms with van der Waals surface area (Å²) in [6.07, 6.45) is 8.64. The Morgan fingerprint density at radius 2 is 2.04 bits per heavy atom. The summed E-state index contributed by atoms with van der Waals surface area (Å²) in [6, 6.07) is 2.52. The molecule has 1 aliphatic carbocycles. The van der Waals surface area contributed by atoms with Crippen LogP contribution < -0.4 is 9.64 Å². The van der Waals surface area contributed by atoms with Crippen molar-refractivity contribution in [3.8, 4) is 18.1 Å². The summed E-state index contributed by atoms with van der Waals surface area (Å²) in [5.74, 6) is 1.75. The first kappa shape index (κ1) is 15.6. The van der Waals surface area contributed by atoms with E-state index in [9.17, 15) is 9.18 Å². The van der Waals surface area contributed by atoms with E-state index in [0.717, 1.165) is 36.5 Å². The Hall–Kier alpha value is -2.25. The van der Waals surface area contributed by atoms with Crippen LogP contribution in [-0.4, -0.2) is 12.5 Å². The zero-order valence-corrected chi connectivity index (χ0v) is 13.3. The van der Waals surface area contributed by atoms with Gasteiger partial charge in [0, 0.05) is 17.3 Å². The Balaban J connectivity index is 2.01. The van der Waals surface area contributed by atoms with Gasteiger partial charge in [-0.1, -0.05) is 24.1 Å². The fourth-order valence-electron chi connectivity index (χ4n) is 3.03. The highest BCUT2D eigenvalue weighted by Crippen LogP contribution is 2.43. The van der Waals surface area contributed by atoms with Gasteiger partial charge < -0.3 is 4.74 Å². The number of hydrogen-bond donors (Lipinski definition) is 0. The number of halogens is 2. The van der Waals surface area contributed by atoms with Crippen LogP contribution in [0.25, 0.3) is 0 Å². The molecule has 0 fully saturated rings. The highest BCUT2D eigenvalue weighted by molar-refractivity contribution is 6.32. The summed E-state index contributed by atoms with van der Waals surface area (Å²) in [6.45, 7) is 3.98. The SMILES string of the molecule is C#CCOc1cc(N2C(=C)C3=C(CCCC3)C2=O)c(F)cc1Cl. The zero-order chi connectivity index (χ0) is 16.6. The topological polar surface area (TPSA) is 29.5 Å². The second kappa shape index (κ2) is 6.10. The lowest BCUT2D eigenvalue weighted by Crippen LogP contribution is -2.26. The van der Waals surface area contributed by atoms with Crippen molar-refractivity contribution in [3.05, 3.63) is 46.4 Å². The Bertz CT molecular complexity index is 748. The van der Waals surface area contributed by atoms with Gasteiger partial charge >= 0.3 is 0 Å². The third kappa shape index (κ3) is 2.62. The van der Waals surface area contributed by atoms with Gasteiger partial charge in [-0.25, -0.2) is 4.39 Å². The van der Waals surface area contributed by atoms with Crippen LogP contribution in [0.2, 0.25) is 5.02 Å². The van der Waals surface area contributed by atoms with Gasteiger partial charge in [-0.2, -0.15) is 0 Å². The number of nitrogens with zero attached hydrogens (tertiary/aromatic N) is 1. The lowest BCUT2D eigenvalue weighted by atomic mass is 9.93. The molecule has 0 unspecified atom stereocenters. The van der Waals surface area contributed by atoms with Crippen molar-refractivity contribution in [1.82, 2.24) is 0 Å². The number of carbonyl (C=O) groups is 1. The minimum absolute atomic E-state index is 0.00837. The van der Waals surface area contributed by atoms with Gasteiger partial charge in [0.15, 0.2) is 0 Å². The third-order valence-corrected chi connectivity index (χ3v) is 4.40. The molecular formula is C18H15ClFNO2. The monoisotopic (exact) mass is 331 g/mol. The molecular weight excluding hydrogens is 317 g/mol. The van der Waals surface area contributed by atoms with E-state index in [2.05, 4.69) is 12.5 Å². The van der Waals surface area contributed by atoms with E-state index in [0.29, 0.717) is 12.1 Å². The maximum absolute atomic E-state index is 14.4. The van der Waals surface area contributed by atoms with Crippen LogP contribution in [0.3, 0.4) is 0 Å². The van der Waals surface area contributed by atoms with Gasteiger partial charge in [0.05, 0.1) is 10.7 Å². The number of hydrogen-bond acceptors (Lipinski definition) is 2. The molecule has 3 nitrogen and oxygen atoms in total. The molecule has 118 valence electrons. The fraction of sp³-hybridized carbons (Fsp3) is 0.278. The van der Waals surface area contributed by atoms with Crippen molar-refractivity contribution < 1.29 is 13.9 Å². The number of amides is 1. The number of ether oxygens (including phenoxy) is 1. The molecule has 1 aromatic rings. The van der Waals surface area contributed by atoms with Crippen LogP contribution in [0.4, 0.5) is 10.1 Å². The maximum Gasteiger partial charge on any atom is 0.259 e. The van der Waals surface area contributed by atoms with Gasteiger partial charge in [0.2, 0.25) is 0 Å². The molecule has 1 aliphatic heterocycles. The van der Waals surface area contributed by atoms with Gasteiger partial charge in [-0.3, -0.25) is 9.69 Å². The molecule has 23 heavy (non-hydrogen) atoms. The number of anilines is 1. The first-order valence-corrected chi connectivity index (χ1v) is 7.73. The maximum atomic E-state index is 14.4. The quantitative estimate of drug-likeness (QED) is 0.776. The van der Waals surface area contributed by atoms with Crippen molar-refractivity contribution >= 4 is 23.2 Å². The van der Waals surface area contributed by atoms with E-state index in [1.807, 2.05) is 0 Å². The molecule has 3 rings (SSSR count). The van der Waals surface area contributed by atoms with E-state index in [1.165, 1.54) is 11.0 Å². The van der Waals surface area contributed by atoms with Crippen LogP contribution in [0.1, 0.15) is 25.7 Å². The van der Waals surface area contributed by atoms with Crippen molar-refractivity contribution in [3.63, 3.8) is 0 Å². The lowest BCUT2D eigenvalue weighted by molar-refractivity contribution is -0.114. The number of benzene rings is 1. The Labute approximate surface area is 139 Å². The van der Waals surface area contributed by atoms with E-state index in [-0.39, 0.29) is 29.0 Å². The highest BCUT2D eigenvalue weighted by atomic mass is 35.5. The highest BCUT2D eigenvalue weighted by Gasteiger charge is 2.37. The van der Waals surface area contributed by atoms with E-state index in [1.54, 1.807) is 0 Å². The van der Waals surface area contributed by atoms with Crippen LogP contribution in [-0.2, 0) is 4.79 Å². The number of rotatable bonds is 3. The lowest BCUT2D eigenvalue weighted by Gasteiger charge is -2.21. The Morgan fingerprint density at radius 3 is 2.70 bits per heavy atom. The number of allylic oxidation sites excluding steroid dienone is 1. The van der Waals surface area contributed by atoms with Crippen molar-refractivity contribution in [2.24, 2.45) is 0 Å². The van der Waals surface area contributed by atoms with E-state index < -0.39 is 5.82 Å². The van der Waals surface area contributed by atoms with E-state index in [4.69, 9.17) is 22.8 Å². The Kier molecular flexibility index (Phi) is 4.14. The number of carbonyl (C=O) groups excluding carboxylic acids is 1.